The van der Waals surface area contributed by atoms with Crippen LogP contribution in [0.4, 0.5) is 0 Å². The van der Waals surface area contributed by atoms with Crippen molar-refractivity contribution in [3.8, 4) is 6.07 Å². The highest BCUT2D eigenvalue weighted by molar-refractivity contribution is 4.84. The Hall–Kier alpha value is -0.590. The lowest BCUT2D eigenvalue weighted by molar-refractivity contribution is 0.0698. The first-order valence-electron chi connectivity index (χ1n) is 10.5. The van der Waals surface area contributed by atoms with E-state index in [1.807, 2.05) is 0 Å². The van der Waals surface area contributed by atoms with Gasteiger partial charge in [0, 0.05) is 0 Å². The van der Waals surface area contributed by atoms with Crippen LogP contribution >= 0.6 is 0 Å². The molecule has 1 rings (SSSR count). The largest absolute Gasteiger partial charge is 0.371 e. The molecule has 0 amide bonds. The molecule has 0 aromatic carbocycles. The number of hydrogen-bond acceptors (Lipinski definition) is 3. The third-order valence-corrected chi connectivity index (χ3v) is 4.85. The first-order valence-corrected chi connectivity index (χ1v) is 10.5. The summed E-state index contributed by atoms with van der Waals surface area (Å²) in [7, 11) is 0. The van der Waals surface area contributed by atoms with Gasteiger partial charge in [-0.15, -0.1) is 0 Å². The zero-order valence-corrected chi connectivity index (χ0v) is 15.9. The lowest BCUT2D eigenvalue weighted by atomic mass is 10.0. The Balaban J connectivity index is 1.73. The molecular weight excluding hydrogens is 298 g/mol. The van der Waals surface area contributed by atoms with Crippen LogP contribution in [0.2, 0.25) is 0 Å². The number of unbranched alkanes of at least 4 members (excludes halogenated alkanes) is 13. The summed E-state index contributed by atoms with van der Waals surface area (Å²) >= 11 is 0. The van der Waals surface area contributed by atoms with Crippen LogP contribution in [0.15, 0.2) is 0 Å². The van der Waals surface area contributed by atoms with Gasteiger partial charge in [0.25, 0.3) is 0 Å². The standard InChI is InChI=1S/C21H39NO2/c1-2-3-4-5-6-7-8-9-10-11-12-13-14-15-16-20(17-22)23-18-21-19-24-21/h20-21H,2-16,18-19H2,1H3. The van der Waals surface area contributed by atoms with E-state index in [2.05, 4.69) is 13.0 Å². The van der Waals surface area contributed by atoms with E-state index in [0.29, 0.717) is 6.61 Å². The summed E-state index contributed by atoms with van der Waals surface area (Å²) in [5, 5.41) is 9.05. The van der Waals surface area contributed by atoms with E-state index in [4.69, 9.17) is 14.7 Å². The second kappa shape index (κ2) is 15.9. The number of nitriles is 1. The van der Waals surface area contributed by atoms with Crippen LogP contribution < -0.4 is 0 Å². The predicted molar refractivity (Wildman–Crippen MR) is 100 cm³/mol. The van der Waals surface area contributed by atoms with E-state index in [0.717, 1.165) is 19.4 Å². The molecule has 1 saturated heterocycles. The van der Waals surface area contributed by atoms with Crippen molar-refractivity contribution in [2.75, 3.05) is 13.2 Å². The fraction of sp³-hybridized carbons (Fsp3) is 0.952. The van der Waals surface area contributed by atoms with Gasteiger partial charge in [-0.1, -0.05) is 90.4 Å². The summed E-state index contributed by atoms with van der Waals surface area (Å²) < 4.78 is 10.6. The Morgan fingerprint density at radius 2 is 1.33 bits per heavy atom. The minimum Gasteiger partial charge on any atom is -0.371 e. The highest BCUT2D eigenvalue weighted by Crippen LogP contribution is 2.15. The molecule has 0 bridgehead atoms. The van der Waals surface area contributed by atoms with Crippen molar-refractivity contribution in [1.29, 1.82) is 5.26 Å². The first-order chi connectivity index (χ1) is 11.9. The van der Waals surface area contributed by atoms with Crippen molar-refractivity contribution >= 4 is 0 Å². The van der Waals surface area contributed by atoms with E-state index in [-0.39, 0.29) is 12.2 Å². The molecule has 0 radical (unpaired) electrons. The molecule has 3 nitrogen and oxygen atoms in total. The van der Waals surface area contributed by atoms with Crippen LogP contribution in [0.5, 0.6) is 0 Å². The quantitative estimate of drug-likeness (QED) is 0.222. The number of hydrogen-bond donors (Lipinski definition) is 0. The molecule has 2 unspecified atom stereocenters. The number of ether oxygens (including phenoxy) is 2. The average Bonchev–Trinajstić information content (AvgIpc) is 3.42. The third kappa shape index (κ3) is 13.8. The van der Waals surface area contributed by atoms with Crippen molar-refractivity contribution in [2.45, 2.75) is 115 Å². The van der Waals surface area contributed by atoms with E-state index in [1.165, 1.54) is 83.5 Å². The molecule has 140 valence electrons. The first kappa shape index (κ1) is 21.5. The molecular formula is C21H39NO2. The fourth-order valence-electron chi connectivity index (χ4n) is 3.10. The van der Waals surface area contributed by atoms with Gasteiger partial charge in [-0.2, -0.15) is 5.26 Å². The van der Waals surface area contributed by atoms with Gasteiger partial charge < -0.3 is 9.47 Å². The molecule has 0 aromatic rings. The zero-order chi connectivity index (χ0) is 17.3. The molecule has 0 spiro atoms. The Morgan fingerprint density at radius 1 is 0.875 bits per heavy atom. The molecule has 24 heavy (non-hydrogen) atoms. The predicted octanol–water partition coefficient (Wildman–Crippen LogP) is 6.17. The maximum atomic E-state index is 9.05. The highest BCUT2D eigenvalue weighted by atomic mass is 16.6. The Bertz CT molecular complexity index is 309. The summed E-state index contributed by atoms with van der Waals surface area (Å²) in [6.07, 6.45) is 20.1. The maximum absolute atomic E-state index is 9.05. The number of nitrogens with zero attached hydrogens (tertiary/aromatic N) is 1. The summed E-state index contributed by atoms with van der Waals surface area (Å²) in [5.74, 6) is 0. The van der Waals surface area contributed by atoms with Crippen LogP contribution in [0.1, 0.15) is 103 Å². The van der Waals surface area contributed by atoms with Crippen molar-refractivity contribution in [3.63, 3.8) is 0 Å². The van der Waals surface area contributed by atoms with Gasteiger partial charge in [-0.3, -0.25) is 0 Å². The van der Waals surface area contributed by atoms with Gasteiger partial charge >= 0.3 is 0 Å². The van der Waals surface area contributed by atoms with Crippen LogP contribution in [-0.4, -0.2) is 25.4 Å². The second-order valence-corrected chi connectivity index (χ2v) is 7.29. The SMILES string of the molecule is CCCCCCCCCCCCCCCCC(C#N)OCC1CO1. The molecule has 3 heteroatoms. The Morgan fingerprint density at radius 3 is 1.75 bits per heavy atom. The minimum absolute atomic E-state index is 0.230. The third-order valence-electron chi connectivity index (χ3n) is 4.85. The van der Waals surface area contributed by atoms with E-state index >= 15 is 0 Å². The fourth-order valence-corrected chi connectivity index (χ4v) is 3.10. The van der Waals surface area contributed by atoms with Crippen LogP contribution in [0.25, 0.3) is 0 Å². The van der Waals surface area contributed by atoms with E-state index < -0.39 is 0 Å². The molecule has 1 heterocycles. The average molecular weight is 338 g/mol. The smallest absolute Gasteiger partial charge is 0.144 e. The van der Waals surface area contributed by atoms with Crippen molar-refractivity contribution in [3.05, 3.63) is 0 Å². The molecule has 1 fully saturated rings. The monoisotopic (exact) mass is 337 g/mol. The molecule has 0 N–H and O–H groups in total. The van der Waals surface area contributed by atoms with Gasteiger partial charge in [-0.05, 0) is 12.8 Å². The van der Waals surface area contributed by atoms with Gasteiger partial charge in [-0.25, -0.2) is 0 Å². The zero-order valence-electron chi connectivity index (χ0n) is 15.9. The number of epoxide rings is 1. The van der Waals surface area contributed by atoms with Crippen LogP contribution in [0, 0.1) is 11.3 Å². The summed E-state index contributed by atoms with van der Waals surface area (Å²) in [6.45, 7) is 3.67. The van der Waals surface area contributed by atoms with Crippen molar-refractivity contribution in [1.82, 2.24) is 0 Å². The van der Waals surface area contributed by atoms with Gasteiger partial charge in [0.1, 0.15) is 12.2 Å². The second-order valence-electron chi connectivity index (χ2n) is 7.29. The normalized spacial score (nSPS) is 17.6. The topological polar surface area (TPSA) is 45.5 Å². The van der Waals surface area contributed by atoms with E-state index in [1.54, 1.807) is 0 Å². The molecule has 1 aliphatic rings. The lowest BCUT2D eigenvalue weighted by Crippen LogP contribution is -2.14. The summed E-state index contributed by atoms with van der Waals surface area (Å²) in [4.78, 5) is 0. The highest BCUT2D eigenvalue weighted by Gasteiger charge is 2.24. The van der Waals surface area contributed by atoms with Gasteiger partial charge in [0.15, 0.2) is 0 Å². The molecule has 1 aliphatic heterocycles. The summed E-state index contributed by atoms with van der Waals surface area (Å²) in [6, 6.07) is 2.25. The molecule has 2 atom stereocenters. The molecule has 0 saturated carbocycles. The Kier molecular flexibility index (Phi) is 14.2. The lowest BCUT2D eigenvalue weighted by Gasteiger charge is -2.09. The van der Waals surface area contributed by atoms with Crippen molar-refractivity contribution in [2.24, 2.45) is 0 Å². The molecule has 0 aliphatic carbocycles. The maximum Gasteiger partial charge on any atom is 0.144 e. The minimum atomic E-state index is -0.230. The van der Waals surface area contributed by atoms with Gasteiger partial charge in [0.2, 0.25) is 0 Å². The van der Waals surface area contributed by atoms with Crippen LogP contribution in [-0.2, 0) is 9.47 Å². The van der Waals surface area contributed by atoms with Crippen molar-refractivity contribution < 1.29 is 9.47 Å². The summed E-state index contributed by atoms with van der Waals surface area (Å²) in [5.41, 5.74) is 0. The Labute approximate surface area is 150 Å². The van der Waals surface area contributed by atoms with Crippen LogP contribution in [0.3, 0.4) is 0 Å². The molecule has 0 aromatic heterocycles. The number of rotatable bonds is 18. The van der Waals surface area contributed by atoms with Gasteiger partial charge in [0.05, 0.1) is 19.3 Å². The van der Waals surface area contributed by atoms with E-state index in [9.17, 15) is 0 Å².